The fraction of sp³-hybridized carbons (Fsp3) is 0.273. The molecular formula is C22H26N3O3S+. The number of hydrogen-bond acceptors (Lipinski definition) is 4. The van der Waals surface area contributed by atoms with Crippen LogP contribution in [0.4, 0.5) is 0 Å². The fourth-order valence-electron chi connectivity index (χ4n) is 3.03. The Bertz CT molecular complexity index is 890. The molecule has 6 nitrogen and oxygen atoms in total. The molecule has 0 bridgehead atoms. The molecule has 0 radical (unpaired) electrons. The topological polar surface area (TPSA) is 88.0 Å². The number of nitrogens with two attached hydrogens (primary N) is 1. The van der Waals surface area contributed by atoms with Gasteiger partial charge in [-0.25, -0.2) is 0 Å². The first kappa shape index (κ1) is 20.8. The molecule has 0 unspecified atom stereocenters. The van der Waals surface area contributed by atoms with Crippen molar-refractivity contribution >= 4 is 23.2 Å². The molecule has 1 aromatic carbocycles. The van der Waals surface area contributed by atoms with Gasteiger partial charge >= 0.3 is 5.91 Å². The third kappa shape index (κ3) is 6.04. The third-order valence-corrected chi connectivity index (χ3v) is 5.56. The van der Waals surface area contributed by atoms with Crippen molar-refractivity contribution in [3.05, 3.63) is 81.9 Å². The minimum Gasteiger partial charge on any atom is -0.459 e. The Morgan fingerprint density at radius 1 is 1.10 bits per heavy atom. The average molecular weight is 413 g/mol. The zero-order valence-corrected chi connectivity index (χ0v) is 17.2. The number of carbonyl (C=O) groups is 2. The van der Waals surface area contributed by atoms with Gasteiger partial charge in [0, 0.05) is 5.56 Å². The highest BCUT2D eigenvalue weighted by Crippen LogP contribution is 2.23. The molecule has 4 N–H and O–H groups in total. The number of thiophene rings is 1. The lowest BCUT2D eigenvalue weighted by Crippen LogP contribution is -2.88. The van der Waals surface area contributed by atoms with Crippen molar-refractivity contribution in [2.75, 3.05) is 6.54 Å². The molecule has 2 heterocycles. The predicted octanol–water partition coefficient (Wildman–Crippen LogP) is 2.80. The molecule has 29 heavy (non-hydrogen) atoms. The van der Waals surface area contributed by atoms with Crippen LogP contribution in [0.5, 0.6) is 0 Å². The lowest BCUT2D eigenvalue weighted by Gasteiger charge is -2.15. The van der Waals surface area contributed by atoms with Gasteiger partial charge in [0.05, 0.1) is 11.1 Å². The molecule has 0 aliphatic carbocycles. The van der Waals surface area contributed by atoms with E-state index in [1.807, 2.05) is 16.8 Å². The second-order valence-corrected chi connectivity index (χ2v) is 7.74. The molecular weight excluding hydrogens is 386 g/mol. The Balaban J connectivity index is 1.58. The normalized spacial score (nSPS) is 11.8. The van der Waals surface area contributed by atoms with E-state index in [0.29, 0.717) is 0 Å². The molecule has 3 rings (SSSR count). The van der Waals surface area contributed by atoms with E-state index in [4.69, 9.17) is 4.42 Å². The number of amides is 2. The second-order valence-electron chi connectivity index (χ2n) is 6.76. The van der Waals surface area contributed by atoms with Gasteiger partial charge in [0.25, 0.3) is 5.91 Å². The molecule has 2 aromatic heterocycles. The van der Waals surface area contributed by atoms with Crippen molar-refractivity contribution in [2.24, 2.45) is 0 Å². The Kier molecular flexibility index (Phi) is 7.61. The van der Waals surface area contributed by atoms with E-state index in [1.165, 1.54) is 35.6 Å². The maximum absolute atomic E-state index is 12.2. The summed E-state index contributed by atoms with van der Waals surface area (Å²) in [4.78, 5) is 25.2. The number of benzene rings is 1. The minimum atomic E-state index is -0.485. The highest BCUT2D eigenvalue weighted by Gasteiger charge is 2.20. The molecule has 0 aliphatic heterocycles. The van der Waals surface area contributed by atoms with Crippen LogP contribution >= 0.6 is 11.3 Å². The van der Waals surface area contributed by atoms with Gasteiger partial charge < -0.3 is 9.73 Å². The molecule has 3 aromatic rings. The zero-order valence-electron chi connectivity index (χ0n) is 16.4. The highest BCUT2D eigenvalue weighted by molar-refractivity contribution is 7.10. The van der Waals surface area contributed by atoms with Crippen molar-refractivity contribution in [3.63, 3.8) is 0 Å². The standard InChI is InChI=1S/C22H25N3O3S/c1-2-3-6-16-9-11-17(12-10-16)21(19-8-5-14-29-19)23-15-20(26)24-25-22(27)18-7-4-13-28-18/h4-5,7-14,21,23H,2-3,6,15H2,1H3,(H,24,26)(H,25,27)/p+1/t21-/m1/s1. The number of hydrogen-bond donors (Lipinski definition) is 3. The van der Waals surface area contributed by atoms with E-state index in [9.17, 15) is 9.59 Å². The van der Waals surface area contributed by atoms with Crippen LogP contribution in [0.2, 0.25) is 0 Å². The summed E-state index contributed by atoms with van der Waals surface area (Å²) in [6.07, 6.45) is 4.86. The second kappa shape index (κ2) is 10.6. The third-order valence-electron chi connectivity index (χ3n) is 4.61. The molecule has 2 amide bonds. The van der Waals surface area contributed by atoms with Gasteiger partial charge in [-0.2, -0.15) is 0 Å². The van der Waals surface area contributed by atoms with Gasteiger partial charge in [0.2, 0.25) is 0 Å². The van der Waals surface area contributed by atoms with E-state index in [2.05, 4.69) is 48.1 Å². The van der Waals surface area contributed by atoms with Crippen molar-refractivity contribution in [1.29, 1.82) is 0 Å². The largest absolute Gasteiger partial charge is 0.459 e. The summed E-state index contributed by atoms with van der Waals surface area (Å²) in [6, 6.07) is 15.9. The Labute approximate surface area is 174 Å². The number of hydrazine groups is 1. The lowest BCUT2D eigenvalue weighted by molar-refractivity contribution is -0.676. The Hall–Kier alpha value is -2.90. The molecule has 7 heteroatoms. The Morgan fingerprint density at radius 2 is 1.93 bits per heavy atom. The molecule has 0 saturated carbocycles. The molecule has 0 saturated heterocycles. The highest BCUT2D eigenvalue weighted by atomic mass is 32.1. The summed E-state index contributed by atoms with van der Waals surface area (Å²) in [5.41, 5.74) is 7.27. The maximum atomic E-state index is 12.2. The first-order valence-corrected chi connectivity index (χ1v) is 10.6. The van der Waals surface area contributed by atoms with E-state index >= 15 is 0 Å². The van der Waals surface area contributed by atoms with Gasteiger partial charge in [0.15, 0.2) is 12.3 Å². The number of nitrogens with one attached hydrogen (secondary N) is 2. The van der Waals surface area contributed by atoms with Crippen LogP contribution in [0.25, 0.3) is 0 Å². The fourth-order valence-corrected chi connectivity index (χ4v) is 3.88. The van der Waals surface area contributed by atoms with Crippen LogP contribution < -0.4 is 16.2 Å². The predicted molar refractivity (Wildman–Crippen MR) is 112 cm³/mol. The van der Waals surface area contributed by atoms with E-state index < -0.39 is 5.91 Å². The molecule has 0 aliphatic rings. The van der Waals surface area contributed by atoms with Gasteiger partial charge in [-0.3, -0.25) is 20.4 Å². The van der Waals surface area contributed by atoms with Crippen LogP contribution in [0.15, 0.2) is 64.6 Å². The summed E-state index contributed by atoms with van der Waals surface area (Å²) < 4.78 is 5.00. The summed E-state index contributed by atoms with van der Waals surface area (Å²) in [6.45, 7) is 2.37. The number of unbranched alkanes of at least 4 members (excludes halogenated alkanes) is 1. The van der Waals surface area contributed by atoms with Gasteiger partial charge in [-0.15, -0.1) is 11.3 Å². The number of carbonyl (C=O) groups excluding carboxylic acids is 2. The zero-order chi connectivity index (χ0) is 20.5. The SMILES string of the molecule is CCCCc1ccc([C@@H]([NH2+]CC(=O)NNC(=O)c2ccco2)c2cccs2)cc1. The van der Waals surface area contributed by atoms with Crippen molar-refractivity contribution < 1.29 is 19.3 Å². The van der Waals surface area contributed by atoms with Crippen molar-refractivity contribution in [3.8, 4) is 0 Å². The van der Waals surface area contributed by atoms with Crippen molar-refractivity contribution in [1.82, 2.24) is 10.9 Å². The average Bonchev–Trinajstić information content (AvgIpc) is 3.46. The van der Waals surface area contributed by atoms with Crippen LogP contribution in [0.3, 0.4) is 0 Å². The van der Waals surface area contributed by atoms with Crippen molar-refractivity contribution in [2.45, 2.75) is 32.2 Å². The molecule has 1 atom stereocenters. The van der Waals surface area contributed by atoms with Gasteiger partial charge in [-0.1, -0.05) is 43.7 Å². The quantitative estimate of drug-likeness (QED) is 0.472. The lowest BCUT2D eigenvalue weighted by atomic mass is 10.0. The molecule has 152 valence electrons. The van der Waals surface area contributed by atoms with E-state index in [1.54, 1.807) is 17.4 Å². The first-order chi connectivity index (χ1) is 14.2. The van der Waals surface area contributed by atoms with Gasteiger partial charge in [-0.05, 0) is 42.0 Å². The van der Waals surface area contributed by atoms with Crippen LogP contribution in [0, 0.1) is 0 Å². The summed E-state index contributed by atoms with van der Waals surface area (Å²) in [5.74, 6) is -0.624. The summed E-state index contributed by atoms with van der Waals surface area (Å²) in [5, 5.41) is 4.01. The molecule has 0 fully saturated rings. The van der Waals surface area contributed by atoms with E-state index in [0.717, 1.165) is 12.0 Å². The summed E-state index contributed by atoms with van der Waals surface area (Å²) in [7, 11) is 0. The smallest absolute Gasteiger partial charge is 0.305 e. The minimum absolute atomic E-state index is 0.0294. The monoisotopic (exact) mass is 412 g/mol. The van der Waals surface area contributed by atoms with E-state index in [-0.39, 0.29) is 24.3 Å². The first-order valence-electron chi connectivity index (χ1n) is 9.75. The maximum Gasteiger partial charge on any atom is 0.305 e. The van der Waals surface area contributed by atoms with Gasteiger partial charge in [0.1, 0.15) is 6.04 Å². The molecule has 0 spiro atoms. The van der Waals surface area contributed by atoms with Crippen LogP contribution in [-0.4, -0.2) is 18.4 Å². The number of quaternary nitrogens is 1. The number of aryl methyl sites for hydroxylation is 1. The number of rotatable bonds is 9. The van der Waals surface area contributed by atoms with Crippen LogP contribution in [0.1, 0.15) is 52.4 Å². The Morgan fingerprint density at radius 3 is 2.59 bits per heavy atom. The summed E-state index contributed by atoms with van der Waals surface area (Å²) >= 11 is 1.67. The van der Waals surface area contributed by atoms with Crippen LogP contribution in [-0.2, 0) is 11.2 Å². The number of furan rings is 1.